The zero-order valence-corrected chi connectivity index (χ0v) is 15.9. The van der Waals surface area contributed by atoms with E-state index in [0.717, 1.165) is 0 Å². The lowest BCUT2D eigenvalue weighted by Crippen LogP contribution is -2.55. The van der Waals surface area contributed by atoms with Crippen molar-refractivity contribution in [2.45, 2.75) is 43.0 Å². The van der Waals surface area contributed by atoms with Gasteiger partial charge in [-0.05, 0) is 42.3 Å². The monoisotopic (exact) mass is 410 g/mol. The molecule has 0 saturated carbocycles. The molecule has 0 aromatic heterocycles. The van der Waals surface area contributed by atoms with Crippen LogP contribution in [0.1, 0.15) is 29.7 Å². The highest BCUT2D eigenvalue weighted by Gasteiger charge is 2.44. The third kappa shape index (κ3) is 3.75. The van der Waals surface area contributed by atoms with Crippen molar-refractivity contribution in [3.8, 4) is 5.75 Å². The van der Waals surface area contributed by atoms with E-state index in [4.69, 9.17) is 16.3 Å². The Morgan fingerprint density at radius 3 is 2.25 bits per heavy atom. The minimum Gasteiger partial charge on any atom is -0.508 e. The Kier molecular flexibility index (Phi) is 5.97. The molecule has 1 aliphatic rings. The van der Waals surface area contributed by atoms with Gasteiger partial charge in [-0.1, -0.05) is 29.8 Å². The number of hydrogen-bond acceptors (Lipinski definition) is 7. The maximum absolute atomic E-state index is 11.1. The molecular weight excluding hydrogens is 388 g/mol. The number of halogens is 1. The number of phenolic OH excluding ortho intramolecular Hbond substituents is 1. The average Bonchev–Trinajstić information content (AvgIpc) is 2.67. The molecule has 2 aromatic carbocycles. The molecule has 0 spiro atoms. The maximum Gasteiger partial charge on any atom is 0.115 e. The van der Waals surface area contributed by atoms with Gasteiger partial charge < -0.3 is 35.4 Å². The minimum absolute atomic E-state index is 0.0562. The first-order valence-corrected chi connectivity index (χ1v) is 9.17. The van der Waals surface area contributed by atoms with Crippen molar-refractivity contribution in [3.05, 3.63) is 64.2 Å². The third-order valence-corrected chi connectivity index (χ3v) is 5.49. The predicted octanol–water partition coefficient (Wildman–Crippen LogP) is 0.816. The molecule has 3 rings (SSSR count). The molecule has 152 valence electrons. The number of benzene rings is 2. The van der Waals surface area contributed by atoms with Gasteiger partial charge in [0.15, 0.2) is 0 Å². The van der Waals surface area contributed by atoms with Crippen LogP contribution in [-0.4, -0.2) is 61.7 Å². The number of phenols is 1. The number of aromatic hydroxyl groups is 1. The van der Waals surface area contributed by atoms with Gasteiger partial charge >= 0.3 is 0 Å². The highest BCUT2D eigenvalue weighted by molar-refractivity contribution is 6.31. The van der Waals surface area contributed by atoms with Gasteiger partial charge in [0.05, 0.1) is 6.61 Å². The summed E-state index contributed by atoms with van der Waals surface area (Å²) in [7, 11) is 0. The Balaban J connectivity index is 2.00. The Morgan fingerprint density at radius 2 is 1.64 bits per heavy atom. The van der Waals surface area contributed by atoms with E-state index in [2.05, 4.69) is 0 Å². The van der Waals surface area contributed by atoms with Crippen LogP contribution in [0, 0.1) is 0 Å². The van der Waals surface area contributed by atoms with Gasteiger partial charge in [-0.15, -0.1) is 0 Å². The van der Waals surface area contributed by atoms with Crippen LogP contribution >= 0.6 is 11.6 Å². The van der Waals surface area contributed by atoms with E-state index < -0.39 is 42.7 Å². The highest BCUT2D eigenvalue weighted by Crippen LogP contribution is 2.39. The first-order valence-electron chi connectivity index (χ1n) is 8.79. The van der Waals surface area contributed by atoms with Crippen molar-refractivity contribution in [3.63, 3.8) is 0 Å². The summed E-state index contributed by atoms with van der Waals surface area (Å²) in [6, 6.07) is 10.7. The van der Waals surface area contributed by atoms with Gasteiger partial charge in [0, 0.05) is 10.6 Å². The molecular formula is C20H23ClO7. The SMILES string of the molecule is CC(O)(c1ccc(O)cc1)c1cc(C2OC(CO)C(O)C(O)C2O)ccc1Cl. The summed E-state index contributed by atoms with van der Waals surface area (Å²) >= 11 is 6.30. The van der Waals surface area contributed by atoms with E-state index in [9.17, 15) is 30.6 Å². The molecule has 1 fully saturated rings. The van der Waals surface area contributed by atoms with Crippen LogP contribution < -0.4 is 0 Å². The number of hydrogen-bond donors (Lipinski definition) is 6. The molecule has 0 amide bonds. The zero-order valence-electron chi connectivity index (χ0n) is 15.1. The highest BCUT2D eigenvalue weighted by atomic mass is 35.5. The van der Waals surface area contributed by atoms with Gasteiger partial charge in [-0.25, -0.2) is 0 Å². The van der Waals surface area contributed by atoms with Crippen molar-refractivity contribution < 1.29 is 35.4 Å². The summed E-state index contributed by atoms with van der Waals surface area (Å²) in [5.41, 5.74) is -0.294. The molecule has 2 aromatic rings. The number of rotatable bonds is 4. The number of ether oxygens (including phenoxy) is 1. The van der Waals surface area contributed by atoms with Gasteiger partial charge in [-0.2, -0.15) is 0 Å². The summed E-state index contributed by atoms with van der Waals surface area (Å²) in [6.45, 7) is 1.00. The molecule has 28 heavy (non-hydrogen) atoms. The Morgan fingerprint density at radius 1 is 1.00 bits per heavy atom. The summed E-state index contributed by atoms with van der Waals surface area (Å²) in [6.07, 6.45) is -6.48. The van der Waals surface area contributed by atoms with Crippen molar-refractivity contribution in [2.24, 2.45) is 0 Å². The van der Waals surface area contributed by atoms with Crippen LogP contribution in [0.3, 0.4) is 0 Å². The smallest absolute Gasteiger partial charge is 0.115 e. The number of aliphatic hydroxyl groups excluding tert-OH is 4. The van der Waals surface area contributed by atoms with Gasteiger partial charge in [0.2, 0.25) is 0 Å². The molecule has 6 unspecified atom stereocenters. The second-order valence-corrected chi connectivity index (χ2v) is 7.52. The van der Waals surface area contributed by atoms with Gasteiger partial charge in [0.1, 0.15) is 41.9 Å². The van der Waals surface area contributed by atoms with Crippen molar-refractivity contribution in [1.29, 1.82) is 0 Å². The second kappa shape index (κ2) is 7.96. The van der Waals surface area contributed by atoms with Crippen LogP contribution in [0.2, 0.25) is 5.02 Å². The first-order chi connectivity index (χ1) is 13.2. The fraction of sp³-hybridized carbons (Fsp3) is 0.400. The minimum atomic E-state index is -1.52. The Labute approximate surface area is 167 Å². The van der Waals surface area contributed by atoms with E-state index in [0.29, 0.717) is 16.7 Å². The fourth-order valence-electron chi connectivity index (χ4n) is 3.41. The van der Waals surface area contributed by atoms with Crippen LogP contribution in [0.5, 0.6) is 5.75 Å². The summed E-state index contributed by atoms with van der Waals surface area (Å²) in [5.74, 6) is 0.0562. The molecule has 6 atom stereocenters. The largest absolute Gasteiger partial charge is 0.508 e. The molecule has 0 radical (unpaired) electrons. The maximum atomic E-state index is 11.1. The fourth-order valence-corrected chi connectivity index (χ4v) is 3.71. The lowest BCUT2D eigenvalue weighted by Gasteiger charge is -2.40. The molecule has 0 aliphatic carbocycles. The summed E-state index contributed by atoms with van der Waals surface area (Å²) in [5, 5.41) is 60.5. The van der Waals surface area contributed by atoms with E-state index in [1.165, 1.54) is 25.1 Å². The third-order valence-electron chi connectivity index (χ3n) is 5.17. The normalized spacial score (nSPS) is 30.0. The first kappa shape index (κ1) is 21.0. The lowest BCUT2D eigenvalue weighted by molar-refractivity contribution is -0.231. The van der Waals surface area contributed by atoms with Crippen LogP contribution in [0.15, 0.2) is 42.5 Å². The van der Waals surface area contributed by atoms with Crippen LogP contribution in [0.4, 0.5) is 0 Å². The number of aliphatic hydroxyl groups is 5. The van der Waals surface area contributed by atoms with E-state index in [1.54, 1.807) is 24.3 Å². The molecule has 1 heterocycles. The van der Waals surface area contributed by atoms with Crippen molar-refractivity contribution >= 4 is 11.6 Å². The predicted molar refractivity (Wildman–Crippen MR) is 101 cm³/mol. The molecule has 6 N–H and O–H groups in total. The van der Waals surface area contributed by atoms with Crippen molar-refractivity contribution in [2.75, 3.05) is 6.61 Å². The van der Waals surface area contributed by atoms with E-state index >= 15 is 0 Å². The Bertz CT molecular complexity index is 822. The van der Waals surface area contributed by atoms with E-state index in [-0.39, 0.29) is 10.8 Å². The topological polar surface area (TPSA) is 131 Å². The van der Waals surface area contributed by atoms with Gasteiger partial charge in [0.25, 0.3) is 0 Å². The molecule has 8 heteroatoms. The van der Waals surface area contributed by atoms with E-state index in [1.807, 2.05) is 0 Å². The van der Waals surface area contributed by atoms with Crippen LogP contribution in [-0.2, 0) is 10.3 Å². The molecule has 7 nitrogen and oxygen atoms in total. The molecule has 0 bridgehead atoms. The second-order valence-electron chi connectivity index (χ2n) is 7.11. The molecule has 1 aliphatic heterocycles. The average molecular weight is 411 g/mol. The quantitative estimate of drug-likeness (QED) is 0.440. The lowest BCUT2D eigenvalue weighted by atomic mass is 9.85. The summed E-state index contributed by atoms with van der Waals surface area (Å²) < 4.78 is 5.58. The van der Waals surface area contributed by atoms with Crippen molar-refractivity contribution in [1.82, 2.24) is 0 Å². The standard InChI is InChI=1S/C20H23ClO7/c1-20(27,11-3-5-12(23)6-4-11)13-8-10(2-7-14(13)21)19-18(26)17(25)16(24)15(9-22)28-19/h2-8,15-19,22-27H,9H2,1H3. The van der Waals surface area contributed by atoms with Gasteiger partial charge in [-0.3, -0.25) is 0 Å². The summed E-state index contributed by atoms with van der Waals surface area (Å²) in [4.78, 5) is 0. The zero-order chi connectivity index (χ0) is 20.6. The Hall–Kier alpha value is -1.71. The molecule has 1 saturated heterocycles. The van der Waals surface area contributed by atoms with Crippen LogP contribution in [0.25, 0.3) is 0 Å².